The summed E-state index contributed by atoms with van der Waals surface area (Å²) in [6.45, 7) is 2.04. The number of para-hydroxylation sites is 2. The van der Waals surface area contributed by atoms with Gasteiger partial charge in [0.15, 0.2) is 5.65 Å². The molecule has 0 bridgehead atoms. The summed E-state index contributed by atoms with van der Waals surface area (Å²) in [6, 6.07) is 25.0. The fourth-order valence-corrected chi connectivity index (χ4v) is 3.76. The first-order valence-electron chi connectivity index (χ1n) is 11.0. The van der Waals surface area contributed by atoms with Gasteiger partial charge >= 0.3 is 0 Å². The van der Waals surface area contributed by atoms with Crippen LogP contribution < -0.4 is 10.1 Å². The van der Waals surface area contributed by atoms with E-state index in [1.165, 1.54) is 6.33 Å². The van der Waals surface area contributed by atoms with Gasteiger partial charge in [-0.1, -0.05) is 42.3 Å². The van der Waals surface area contributed by atoms with Crippen LogP contribution >= 0.6 is 0 Å². The molecule has 0 aliphatic carbocycles. The molecule has 5 aromatic rings. The smallest absolute Gasteiger partial charge is 0.300 e. The Morgan fingerprint density at radius 1 is 0.971 bits per heavy atom. The van der Waals surface area contributed by atoms with Crippen LogP contribution in [0, 0.1) is 11.8 Å². The Morgan fingerprint density at radius 2 is 1.71 bits per heavy atom. The Hall–Kier alpha value is -4.96. The second-order valence-electron chi connectivity index (χ2n) is 7.69. The third kappa shape index (κ3) is 4.87. The molecule has 3 aromatic carbocycles. The molecule has 5 rings (SSSR count). The number of ether oxygens (including phenoxy) is 1. The highest BCUT2D eigenvalue weighted by Gasteiger charge is 2.15. The summed E-state index contributed by atoms with van der Waals surface area (Å²) in [5, 5.41) is 8.54. The van der Waals surface area contributed by atoms with E-state index in [0.29, 0.717) is 17.9 Å². The lowest BCUT2D eigenvalue weighted by atomic mass is 10.1. The summed E-state index contributed by atoms with van der Waals surface area (Å²) in [4.78, 5) is 20.7. The van der Waals surface area contributed by atoms with Crippen molar-refractivity contribution in [3.05, 3.63) is 97.0 Å². The first-order chi connectivity index (χ1) is 17.2. The highest BCUT2D eigenvalue weighted by molar-refractivity contribution is 6.04. The molecule has 0 radical (unpaired) electrons. The van der Waals surface area contributed by atoms with Gasteiger partial charge in [0, 0.05) is 17.4 Å². The van der Waals surface area contributed by atoms with E-state index in [1.807, 2.05) is 83.5 Å². The Balaban J connectivity index is 1.46. The number of rotatable bonds is 6. The minimum Gasteiger partial charge on any atom is -0.457 e. The van der Waals surface area contributed by atoms with Crippen LogP contribution in [-0.2, 0) is 11.3 Å². The first kappa shape index (κ1) is 21.9. The molecule has 35 heavy (non-hydrogen) atoms. The molecule has 0 aliphatic rings. The molecule has 7 nitrogen and oxygen atoms in total. The molecule has 0 saturated heterocycles. The van der Waals surface area contributed by atoms with Gasteiger partial charge in [-0.3, -0.25) is 4.79 Å². The van der Waals surface area contributed by atoms with E-state index in [4.69, 9.17) is 9.84 Å². The summed E-state index contributed by atoms with van der Waals surface area (Å²) in [6.07, 6.45) is 3.27. The Kier molecular flexibility index (Phi) is 6.18. The summed E-state index contributed by atoms with van der Waals surface area (Å²) in [7, 11) is 0. The van der Waals surface area contributed by atoms with Crippen molar-refractivity contribution in [3.8, 4) is 34.6 Å². The molecule has 2 heterocycles. The largest absolute Gasteiger partial charge is 0.457 e. The average molecular weight is 460 g/mol. The number of carbonyl (C=O) groups excluding carboxylic acids is 1. The first-order valence-corrected chi connectivity index (χ1v) is 11.0. The summed E-state index contributed by atoms with van der Waals surface area (Å²) in [5.74, 6) is 6.28. The number of fused-ring (bicyclic) bond motifs is 1. The highest BCUT2D eigenvalue weighted by atomic mass is 16.5. The number of hydrogen-bond acceptors (Lipinski definition) is 5. The lowest BCUT2D eigenvalue weighted by molar-refractivity contribution is -0.111. The SMILES string of the molecule is CC#CC(=O)Nc1ccccc1Cn1nc(-c2ccc(Oc3ccccc3)cc2)c2cncnc21. The summed E-state index contributed by atoms with van der Waals surface area (Å²) >= 11 is 0. The van der Waals surface area contributed by atoms with Gasteiger partial charge in [0.1, 0.15) is 23.5 Å². The van der Waals surface area contributed by atoms with E-state index in [1.54, 1.807) is 13.1 Å². The Morgan fingerprint density at radius 3 is 2.51 bits per heavy atom. The van der Waals surface area contributed by atoms with Crippen LogP contribution in [0.1, 0.15) is 12.5 Å². The van der Waals surface area contributed by atoms with Gasteiger partial charge in [0.05, 0.1) is 11.9 Å². The van der Waals surface area contributed by atoms with E-state index in [2.05, 4.69) is 27.1 Å². The molecular weight excluding hydrogens is 438 g/mol. The quantitative estimate of drug-likeness (QED) is 0.349. The molecule has 0 spiro atoms. The van der Waals surface area contributed by atoms with E-state index < -0.39 is 0 Å². The maximum atomic E-state index is 12.0. The zero-order valence-corrected chi connectivity index (χ0v) is 19.0. The van der Waals surface area contributed by atoms with E-state index >= 15 is 0 Å². The highest BCUT2D eigenvalue weighted by Crippen LogP contribution is 2.30. The minimum atomic E-state index is -0.355. The Labute approximate surface area is 202 Å². The predicted molar refractivity (Wildman–Crippen MR) is 135 cm³/mol. The number of amides is 1. The van der Waals surface area contributed by atoms with Crippen molar-refractivity contribution in [2.24, 2.45) is 0 Å². The van der Waals surface area contributed by atoms with Gasteiger partial charge in [-0.25, -0.2) is 14.6 Å². The zero-order valence-electron chi connectivity index (χ0n) is 19.0. The van der Waals surface area contributed by atoms with Crippen LogP contribution in [0.25, 0.3) is 22.3 Å². The van der Waals surface area contributed by atoms with Crippen molar-refractivity contribution < 1.29 is 9.53 Å². The standard InChI is InChI=1S/C28H21N5O2/c1-2-8-26(34)31-25-12-7-6-9-21(25)18-33-28-24(17-29-19-30-28)27(32-33)20-13-15-23(16-14-20)35-22-10-4-3-5-11-22/h3-7,9-17,19H,18H2,1H3,(H,31,34). The number of nitrogens with zero attached hydrogens (tertiary/aromatic N) is 4. The Bertz CT molecular complexity index is 1550. The number of hydrogen-bond donors (Lipinski definition) is 1. The van der Waals surface area contributed by atoms with Gasteiger partial charge in [0.25, 0.3) is 5.91 Å². The van der Waals surface area contributed by atoms with Crippen LogP contribution in [0.15, 0.2) is 91.4 Å². The lowest BCUT2D eigenvalue weighted by Gasteiger charge is -2.10. The zero-order chi connectivity index (χ0) is 24.0. The molecule has 7 heteroatoms. The summed E-state index contributed by atoms with van der Waals surface area (Å²) in [5.41, 5.74) is 3.96. The molecule has 0 saturated carbocycles. The van der Waals surface area contributed by atoms with Crippen molar-refractivity contribution >= 4 is 22.6 Å². The molecule has 0 unspecified atom stereocenters. The maximum absolute atomic E-state index is 12.0. The van der Waals surface area contributed by atoms with E-state index in [9.17, 15) is 4.79 Å². The van der Waals surface area contributed by atoms with Crippen molar-refractivity contribution in [1.82, 2.24) is 19.7 Å². The number of nitrogens with one attached hydrogen (secondary N) is 1. The van der Waals surface area contributed by atoms with Crippen molar-refractivity contribution in [3.63, 3.8) is 0 Å². The number of aromatic nitrogens is 4. The number of carbonyl (C=O) groups is 1. The topological polar surface area (TPSA) is 81.9 Å². The number of benzene rings is 3. The lowest BCUT2D eigenvalue weighted by Crippen LogP contribution is -2.12. The maximum Gasteiger partial charge on any atom is 0.300 e. The fraction of sp³-hybridized carbons (Fsp3) is 0.0714. The molecular formula is C28H21N5O2. The number of anilines is 1. The second kappa shape index (κ2) is 9.89. The third-order valence-corrected chi connectivity index (χ3v) is 5.34. The molecule has 170 valence electrons. The molecule has 0 atom stereocenters. The minimum absolute atomic E-state index is 0.355. The van der Waals surface area contributed by atoms with Gasteiger partial charge in [-0.05, 0) is 60.9 Å². The third-order valence-electron chi connectivity index (χ3n) is 5.34. The van der Waals surface area contributed by atoms with Gasteiger partial charge in [0.2, 0.25) is 0 Å². The molecule has 2 aromatic heterocycles. The van der Waals surface area contributed by atoms with Crippen LogP contribution in [-0.4, -0.2) is 25.7 Å². The second-order valence-corrected chi connectivity index (χ2v) is 7.69. The monoisotopic (exact) mass is 459 g/mol. The van der Waals surface area contributed by atoms with E-state index in [0.717, 1.165) is 33.7 Å². The van der Waals surface area contributed by atoms with Crippen LogP contribution in [0.3, 0.4) is 0 Å². The summed E-state index contributed by atoms with van der Waals surface area (Å²) < 4.78 is 7.73. The van der Waals surface area contributed by atoms with E-state index in [-0.39, 0.29) is 5.91 Å². The molecule has 1 N–H and O–H groups in total. The van der Waals surface area contributed by atoms with Crippen molar-refractivity contribution in [2.75, 3.05) is 5.32 Å². The predicted octanol–water partition coefficient (Wildman–Crippen LogP) is 5.30. The van der Waals surface area contributed by atoms with Crippen LogP contribution in [0.4, 0.5) is 5.69 Å². The molecule has 0 fully saturated rings. The normalized spacial score (nSPS) is 10.4. The van der Waals surface area contributed by atoms with Crippen molar-refractivity contribution in [2.45, 2.75) is 13.5 Å². The van der Waals surface area contributed by atoms with Gasteiger partial charge < -0.3 is 10.1 Å². The van der Waals surface area contributed by atoms with Gasteiger partial charge in [-0.15, -0.1) is 0 Å². The van der Waals surface area contributed by atoms with Crippen LogP contribution in [0.2, 0.25) is 0 Å². The molecule has 0 aliphatic heterocycles. The van der Waals surface area contributed by atoms with Crippen LogP contribution in [0.5, 0.6) is 11.5 Å². The molecule has 1 amide bonds. The van der Waals surface area contributed by atoms with Gasteiger partial charge in [-0.2, -0.15) is 5.10 Å². The average Bonchev–Trinajstić information content (AvgIpc) is 3.25. The van der Waals surface area contributed by atoms with Crippen molar-refractivity contribution in [1.29, 1.82) is 0 Å². The fourth-order valence-electron chi connectivity index (χ4n) is 3.76.